The first-order chi connectivity index (χ1) is 9.44. The number of halogens is 2. The van der Waals surface area contributed by atoms with Crippen LogP contribution in [0.4, 0.5) is 14.5 Å². The van der Waals surface area contributed by atoms with Gasteiger partial charge < -0.3 is 10.1 Å². The van der Waals surface area contributed by atoms with Crippen molar-refractivity contribution in [3.8, 4) is 5.75 Å². The molecule has 0 aromatic heterocycles. The average Bonchev–Trinajstić information content (AvgIpc) is 2.36. The van der Waals surface area contributed by atoms with Crippen LogP contribution < -0.4 is 14.8 Å². The zero-order chi connectivity index (χ0) is 15.0. The third-order valence-corrected chi connectivity index (χ3v) is 3.62. The zero-order valence-electron chi connectivity index (χ0n) is 11.1. The van der Waals surface area contributed by atoms with E-state index in [1.807, 2.05) is 6.92 Å². The van der Waals surface area contributed by atoms with Gasteiger partial charge in [0.25, 0.3) is 0 Å². The first-order valence-corrected chi connectivity index (χ1v) is 7.85. The molecule has 0 atom stereocenters. The molecule has 1 aromatic carbocycles. The van der Waals surface area contributed by atoms with Crippen LogP contribution in [0.15, 0.2) is 24.3 Å². The van der Waals surface area contributed by atoms with E-state index in [0.717, 1.165) is 13.0 Å². The number of hydrogen-bond acceptors (Lipinski definition) is 4. The topological polar surface area (TPSA) is 67.4 Å². The Morgan fingerprint density at radius 3 is 2.60 bits per heavy atom. The number of alkyl halides is 2. The fourth-order valence-corrected chi connectivity index (χ4v) is 2.50. The number of nitrogens with one attached hydrogen (secondary N) is 2. The van der Waals surface area contributed by atoms with Crippen LogP contribution in [0.25, 0.3) is 0 Å². The molecule has 0 unspecified atom stereocenters. The van der Waals surface area contributed by atoms with Gasteiger partial charge in [-0.15, -0.1) is 0 Å². The van der Waals surface area contributed by atoms with Crippen molar-refractivity contribution in [2.75, 3.05) is 23.6 Å². The Hall–Kier alpha value is -1.41. The normalized spacial score (nSPS) is 11.6. The molecule has 0 saturated heterocycles. The van der Waals surface area contributed by atoms with Crippen LogP contribution in [-0.2, 0) is 10.0 Å². The summed E-state index contributed by atoms with van der Waals surface area (Å²) in [5, 5.41) is 2.95. The Morgan fingerprint density at radius 2 is 1.95 bits per heavy atom. The van der Waals surface area contributed by atoms with Gasteiger partial charge in [0, 0.05) is 6.54 Å². The van der Waals surface area contributed by atoms with Crippen LogP contribution in [0, 0.1) is 0 Å². The summed E-state index contributed by atoms with van der Waals surface area (Å²) >= 11 is 0. The first-order valence-electron chi connectivity index (χ1n) is 6.19. The lowest BCUT2D eigenvalue weighted by Gasteiger charge is -2.13. The molecular weight excluding hydrogens is 290 g/mol. The lowest BCUT2D eigenvalue weighted by molar-refractivity contribution is -0.0493. The second-order valence-electron chi connectivity index (χ2n) is 4.05. The van der Waals surface area contributed by atoms with Gasteiger partial charge in [-0.05, 0) is 25.1 Å². The van der Waals surface area contributed by atoms with E-state index < -0.39 is 16.6 Å². The van der Waals surface area contributed by atoms with E-state index in [4.69, 9.17) is 0 Å². The van der Waals surface area contributed by atoms with Crippen molar-refractivity contribution in [2.45, 2.75) is 20.0 Å². The van der Waals surface area contributed by atoms with Crippen molar-refractivity contribution in [3.05, 3.63) is 24.3 Å². The highest BCUT2D eigenvalue weighted by molar-refractivity contribution is 7.92. The van der Waals surface area contributed by atoms with E-state index in [2.05, 4.69) is 14.8 Å². The number of sulfonamides is 1. The van der Waals surface area contributed by atoms with Crippen molar-refractivity contribution >= 4 is 15.7 Å². The van der Waals surface area contributed by atoms with Crippen molar-refractivity contribution in [3.63, 3.8) is 0 Å². The minimum atomic E-state index is -3.61. The molecule has 1 aromatic rings. The molecule has 20 heavy (non-hydrogen) atoms. The molecule has 1 rings (SSSR count). The van der Waals surface area contributed by atoms with Crippen LogP contribution in [-0.4, -0.2) is 33.9 Å². The highest BCUT2D eigenvalue weighted by atomic mass is 32.2. The first kappa shape index (κ1) is 16.6. The highest BCUT2D eigenvalue weighted by Crippen LogP contribution is 2.26. The molecule has 2 N–H and O–H groups in total. The average molecular weight is 308 g/mol. The number of benzene rings is 1. The Morgan fingerprint density at radius 1 is 1.25 bits per heavy atom. The number of anilines is 1. The summed E-state index contributed by atoms with van der Waals surface area (Å²) in [5.41, 5.74) is 0.00305. The molecule has 114 valence electrons. The van der Waals surface area contributed by atoms with E-state index >= 15 is 0 Å². The molecule has 5 nitrogen and oxygen atoms in total. The van der Waals surface area contributed by atoms with Crippen molar-refractivity contribution < 1.29 is 21.9 Å². The number of hydrogen-bond donors (Lipinski definition) is 2. The van der Waals surface area contributed by atoms with Crippen molar-refractivity contribution in [1.29, 1.82) is 0 Å². The predicted molar refractivity (Wildman–Crippen MR) is 73.6 cm³/mol. The summed E-state index contributed by atoms with van der Waals surface area (Å²) in [6.07, 6.45) is 0.901. The van der Waals surface area contributed by atoms with Gasteiger partial charge in [0.2, 0.25) is 10.0 Å². The SMILES string of the molecule is CCCNCCS(=O)(=O)Nc1ccccc1OC(F)F. The van der Waals surface area contributed by atoms with Gasteiger partial charge in [-0.25, -0.2) is 8.42 Å². The summed E-state index contributed by atoms with van der Waals surface area (Å²) in [4.78, 5) is 0. The Bertz CT molecular complexity index is 509. The standard InChI is InChI=1S/C12H18F2N2O3S/c1-2-7-15-8-9-20(17,18)16-10-5-3-4-6-11(10)19-12(13)14/h3-6,12,15-16H,2,7-9H2,1H3. The summed E-state index contributed by atoms with van der Waals surface area (Å²) in [6, 6.07) is 5.66. The molecular formula is C12H18F2N2O3S. The van der Waals surface area contributed by atoms with E-state index in [-0.39, 0.29) is 17.2 Å². The third kappa shape index (κ3) is 6.16. The predicted octanol–water partition coefficient (Wildman–Crippen LogP) is 2.03. The fraction of sp³-hybridized carbons (Fsp3) is 0.500. The van der Waals surface area contributed by atoms with E-state index in [1.165, 1.54) is 24.3 Å². The second kappa shape index (κ2) is 8.01. The Labute approximate surface area is 117 Å². The summed E-state index contributed by atoms with van der Waals surface area (Å²) < 4.78 is 54.5. The summed E-state index contributed by atoms with van der Waals surface area (Å²) in [7, 11) is -3.61. The lowest BCUT2D eigenvalue weighted by atomic mass is 10.3. The quantitative estimate of drug-likeness (QED) is 0.685. The molecule has 0 spiro atoms. The van der Waals surface area contributed by atoms with Gasteiger partial charge in [0.05, 0.1) is 11.4 Å². The molecule has 0 aliphatic heterocycles. The van der Waals surface area contributed by atoms with E-state index in [9.17, 15) is 17.2 Å². The van der Waals surface area contributed by atoms with Crippen LogP contribution >= 0.6 is 0 Å². The molecule has 8 heteroatoms. The van der Waals surface area contributed by atoms with Crippen LogP contribution in [0.3, 0.4) is 0 Å². The third-order valence-electron chi connectivity index (χ3n) is 2.34. The van der Waals surface area contributed by atoms with Crippen LogP contribution in [0.2, 0.25) is 0 Å². The molecule has 0 radical (unpaired) electrons. The monoisotopic (exact) mass is 308 g/mol. The van der Waals surface area contributed by atoms with Gasteiger partial charge in [0.15, 0.2) is 0 Å². The largest absolute Gasteiger partial charge is 0.433 e. The number of rotatable bonds is 9. The molecule has 0 aliphatic rings. The van der Waals surface area contributed by atoms with Gasteiger partial charge in [-0.1, -0.05) is 19.1 Å². The minimum Gasteiger partial charge on any atom is -0.433 e. The maximum absolute atomic E-state index is 12.2. The molecule has 0 bridgehead atoms. The van der Waals surface area contributed by atoms with E-state index in [1.54, 1.807) is 0 Å². The lowest BCUT2D eigenvalue weighted by Crippen LogP contribution is -2.27. The number of para-hydroxylation sites is 2. The number of ether oxygens (including phenoxy) is 1. The van der Waals surface area contributed by atoms with Crippen LogP contribution in [0.1, 0.15) is 13.3 Å². The smallest absolute Gasteiger partial charge is 0.387 e. The minimum absolute atomic E-state index is 0.00305. The maximum atomic E-state index is 12.2. The molecule has 0 heterocycles. The maximum Gasteiger partial charge on any atom is 0.387 e. The summed E-state index contributed by atoms with van der Waals surface area (Å²) in [5.74, 6) is -0.344. The molecule has 0 fully saturated rings. The Kier molecular flexibility index (Phi) is 6.66. The molecule has 0 amide bonds. The van der Waals surface area contributed by atoms with E-state index in [0.29, 0.717) is 6.54 Å². The van der Waals surface area contributed by atoms with Crippen molar-refractivity contribution in [2.24, 2.45) is 0 Å². The van der Waals surface area contributed by atoms with Crippen molar-refractivity contribution in [1.82, 2.24) is 5.32 Å². The summed E-state index contributed by atoms with van der Waals surface area (Å²) in [6.45, 7) is -0.0221. The second-order valence-corrected chi connectivity index (χ2v) is 5.89. The zero-order valence-corrected chi connectivity index (χ0v) is 11.9. The fourth-order valence-electron chi connectivity index (χ4n) is 1.48. The van der Waals surface area contributed by atoms with Gasteiger partial charge in [-0.3, -0.25) is 4.72 Å². The molecule has 0 aliphatic carbocycles. The molecule has 0 saturated carbocycles. The highest BCUT2D eigenvalue weighted by Gasteiger charge is 2.15. The van der Waals surface area contributed by atoms with Gasteiger partial charge >= 0.3 is 6.61 Å². The van der Waals surface area contributed by atoms with Gasteiger partial charge in [-0.2, -0.15) is 8.78 Å². The Balaban J connectivity index is 2.67. The van der Waals surface area contributed by atoms with Crippen LogP contribution in [0.5, 0.6) is 5.75 Å². The van der Waals surface area contributed by atoms with Gasteiger partial charge in [0.1, 0.15) is 5.75 Å².